The van der Waals surface area contributed by atoms with Crippen LogP contribution in [-0.2, 0) is 17.5 Å². The molecule has 39 heavy (non-hydrogen) atoms. The van der Waals surface area contributed by atoms with Crippen molar-refractivity contribution >= 4 is 5.52 Å². The van der Waals surface area contributed by atoms with Crippen LogP contribution in [0.1, 0.15) is 48.8 Å². The van der Waals surface area contributed by atoms with E-state index in [1.807, 2.05) is 24.0 Å². The van der Waals surface area contributed by atoms with Crippen molar-refractivity contribution in [3.63, 3.8) is 0 Å². The molecule has 1 aromatic carbocycles. The number of ether oxygens (including phenoxy) is 1. The summed E-state index contributed by atoms with van der Waals surface area (Å²) in [5.41, 5.74) is 0.454. The van der Waals surface area contributed by atoms with Crippen molar-refractivity contribution in [3.05, 3.63) is 69.9 Å². The number of methoxy groups -OCH3 is 1. The van der Waals surface area contributed by atoms with Gasteiger partial charge in [-0.15, -0.1) is 0 Å². The molecule has 1 saturated carbocycles. The molecule has 0 amide bonds. The number of nitrogens with one attached hydrogen (secondary N) is 1. The molecule has 4 heterocycles. The van der Waals surface area contributed by atoms with E-state index in [1.54, 1.807) is 19.4 Å². The van der Waals surface area contributed by atoms with Crippen LogP contribution in [0.2, 0.25) is 0 Å². The molecular formula is C28H34F3IN5O2-. The third-order valence-corrected chi connectivity index (χ3v) is 11.1. The molecule has 2 aromatic heterocycles. The van der Waals surface area contributed by atoms with Crippen LogP contribution in [-0.4, -0.2) is 62.3 Å². The van der Waals surface area contributed by atoms with Gasteiger partial charge in [-0.1, -0.05) is 0 Å². The summed E-state index contributed by atoms with van der Waals surface area (Å²) in [7, 11) is 3.79. The first kappa shape index (κ1) is 27.3. The van der Waals surface area contributed by atoms with Crippen LogP contribution >= 0.6 is 0 Å². The molecule has 11 heteroatoms. The molecule has 2 aliphatic heterocycles. The Labute approximate surface area is 236 Å². The molecule has 212 valence electrons. The van der Waals surface area contributed by atoms with E-state index in [0.717, 1.165) is 14.5 Å². The molecule has 0 bridgehead atoms. The maximum Gasteiger partial charge on any atom is 0.0288 e. The smallest absolute Gasteiger partial charge is 0.0288 e. The number of pyridine rings is 1. The van der Waals surface area contributed by atoms with E-state index in [9.17, 15) is 18.0 Å². The Morgan fingerprint density at radius 1 is 1.21 bits per heavy atom. The number of likely N-dealkylation sites (N-methyl/N-ethyl adjacent to an activating group) is 1. The summed E-state index contributed by atoms with van der Waals surface area (Å²) < 4.78 is 55.4. The van der Waals surface area contributed by atoms with Gasteiger partial charge in [0, 0.05) is 20.2 Å². The van der Waals surface area contributed by atoms with Gasteiger partial charge in [-0.05, 0) is 6.92 Å². The second kappa shape index (κ2) is 10.2. The third-order valence-electron chi connectivity index (χ3n) is 8.59. The van der Waals surface area contributed by atoms with Crippen LogP contribution in [0.3, 0.4) is 0 Å². The zero-order valence-corrected chi connectivity index (χ0v) is 24.5. The van der Waals surface area contributed by atoms with Crippen LogP contribution in [0, 0.1) is 5.92 Å². The summed E-state index contributed by atoms with van der Waals surface area (Å²) in [6.45, 7) is 3.55. The van der Waals surface area contributed by atoms with Crippen molar-refractivity contribution < 1.29 is 39.4 Å². The molecule has 2 saturated heterocycles. The molecule has 3 aromatic rings. The van der Waals surface area contributed by atoms with Gasteiger partial charge in [-0.2, -0.15) is 0 Å². The number of likely N-dealkylation sites (tertiary alicyclic amines) is 1. The number of hydrogen-bond donors (Lipinski definition) is 1. The van der Waals surface area contributed by atoms with Crippen molar-refractivity contribution in [3.8, 4) is 5.69 Å². The number of nitrogens with zero attached hydrogens (tertiary/aromatic N) is 4. The zero-order chi connectivity index (χ0) is 27.5. The van der Waals surface area contributed by atoms with Crippen molar-refractivity contribution in [2.75, 3.05) is 31.8 Å². The molecule has 1 N–H and O–H groups in total. The molecule has 0 spiro atoms. The van der Waals surface area contributed by atoms with Crippen molar-refractivity contribution in [2.24, 2.45) is 5.92 Å². The summed E-state index contributed by atoms with van der Waals surface area (Å²) in [6, 6.07) is 8.99. The maximum absolute atomic E-state index is 14.2. The fourth-order valence-corrected chi connectivity index (χ4v) is 8.72. The van der Waals surface area contributed by atoms with Crippen molar-refractivity contribution in [2.45, 2.75) is 56.6 Å². The summed E-state index contributed by atoms with van der Waals surface area (Å²) in [5.74, 6) is 0.846. The Morgan fingerprint density at radius 2 is 1.97 bits per heavy atom. The largest absolute Gasteiger partial charge is 0.0288 e. The Morgan fingerprint density at radius 3 is 2.59 bits per heavy atom. The van der Waals surface area contributed by atoms with Crippen LogP contribution in [0.4, 0.5) is 13.2 Å². The van der Waals surface area contributed by atoms with Crippen LogP contribution in [0.25, 0.3) is 11.2 Å². The number of aromatic nitrogens is 2. The Bertz CT molecular complexity index is 1430. The van der Waals surface area contributed by atoms with Gasteiger partial charge in [0.2, 0.25) is 0 Å². The molecule has 7 nitrogen and oxygen atoms in total. The van der Waals surface area contributed by atoms with Gasteiger partial charge in [-0.25, -0.2) is 0 Å². The second-order valence-electron chi connectivity index (χ2n) is 11.5. The van der Waals surface area contributed by atoms with E-state index in [4.69, 9.17) is 4.74 Å². The molecule has 2 atom stereocenters. The Balaban J connectivity index is 1.38. The normalized spacial score (nSPS) is 23.4. The first-order valence-corrected chi connectivity index (χ1v) is 15.9. The average molecular weight is 657 g/mol. The van der Waals surface area contributed by atoms with Gasteiger partial charge in [0.15, 0.2) is 0 Å². The number of halogens is 4. The van der Waals surface area contributed by atoms with Gasteiger partial charge < -0.3 is 4.74 Å². The quantitative estimate of drug-likeness (QED) is 0.179. The topological polar surface area (TPSA) is 54.2 Å². The second-order valence-corrected chi connectivity index (χ2v) is 13.5. The molecule has 1 aliphatic carbocycles. The molecule has 1 unspecified atom stereocenters. The molecule has 0 radical (unpaired) electrons. The van der Waals surface area contributed by atoms with E-state index in [-0.39, 0.29) is 44.7 Å². The first-order valence-electron chi connectivity index (χ1n) is 13.3. The van der Waals surface area contributed by atoms with E-state index in [1.165, 1.54) is 36.1 Å². The monoisotopic (exact) mass is 656 g/mol. The van der Waals surface area contributed by atoms with Gasteiger partial charge >= 0.3 is 195 Å². The number of alkyl halides is 4. The molecule has 3 fully saturated rings. The van der Waals surface area contributed by atoms with Crippen molar-refractivity contribution in [1.29, 1.82) is 0 Å². The van der Waals surface area contributed by atoms with Gasteiger partial charge in [0.1, 0.15) is 0 Å². The first-order chi connectivity index (χ1) is 18.6. The van der Waals surface area contributed by atoms with E-state index < -0.39 is 17.4 Å². The number of benzene rings is 1. The van der Waals surface area contributed by atoms with Crippen LogP contribution in [0.5, 0.6) is 0 Å². The number of rotatable bonds is 7. The summed E-state index contributed by atoms with van der Waals surface area (Å²) in [6.07, 6.45) is 2.12. The Kier molecular flexibility index (Phi) is 7.10. The predicted octanol–water partition coefficient (Wildman–Crippen LogP) is 1.04. The number of hydrogen-bond acceptors (Lipinski definition) is 5. The predicted molar refractivity (Wildman–Crippen MR) is 138 cm³/mol. The fraction of sp³-hybridized carbons (Fsp3) is 0.536. The summed E-state index contributed by atoms with van der Waals surface area (Å²) in [4.78, 5) is 18.0. The zero-order valence-electron chi connectivity index (χ0n) is 22.3. The summed E-state index contributed by atoms with van der Waals surface area (Å²) >= 11 is -0.0711. The van der Waals surface area contributed by atoms with Crippen LogP contribution in [0.15, 0.2) is 47.5 Å². The minimum atomic E-state index is -4.59. The van der Waals surface area contributed by atoms with Crippen molar-refractivity contribution in [1.82, 2.24) is 22.3 Å². The van der Waals surface area contributed by atoms with Crippen LogP contribution < -0.4 is 30.7 Å². The summed E-state index contributed by atoms with van der Waals surface area (Å²) in [5, 5.41) is 0. The average Bonchev–Trinajstić information content (AvgIpc) is 3.42. The van der Waals surface area contributed by atoms with Gasteiger partial charge in [0.05, 0.1) is 5.60 Å². The van der Waals surface area contributed by atoms with E-state index in [2.05, 4.69) is 21.5 Å². The molecular weight excluding hydrogens is 622 g/mol. The maximum atomic E-state index is 14.2. The standard InChI is InChI=1S/C28H34F3IN5O2/c1-27(39-3)15-35(16-27)12-18-10-22(28(29,30)31)23-14-36(26(38)37(23)13-18)21-9-5-8-20(11-21)24(19-6-4-7-19)25-33-32-17-34(25)2/h5,8-11,13-14,19,24-25,33H,4,6-7,12,15-17H2,1-3H3/q-1/t24-,25?/m1/s1. The van der Waals surface area contributed by atoms with Gasteiger partial charge in [-0.3, -0.25) is 4.90 Å². The van der Waals surface area contributed by atoms with E-state index >= 15 is 0 Å². The number of fused-ring (bicyclic) bond motifs is 1. The molecule has 3 aliphatic rings. The SMILES string of the molecule is COC1(C)CN(Cc2cc(C(F)(F)F)c3cn(-c4cccc([C@@H](C5CCC5)C5N[I-]CN5C)c4)c(=O)n3c2)C1. The fourth-order valence-electron chi connectivity index (χ4n) is 6.24. The number of imidazole rings is 1. The molecule has 6 rings (SSSR count). The van der Waals surface area contributed by atoms with Gasteiger partial charge in [0.25, 0.3) is 0 Å². The Hall–Kier alpha value is -1.93. The minimum Gasteiger partial charge on any atom is 0.0288 e. The van der Waals surface area contributed by atoms with E-state index in [0.29, 0.717) is 36.8 Å². The third kappa shape index (κ3) is 5.05. The minimum absolute atomic E-state index is 0.0711.